The molecule has 2 heterocycles. The fraction of sp³-hybridized carbons (Fsp3) is 0.909. The van der Waals surface area contributed by atoms with Gasteiger partial charge in [-0.15, -0.1) is 0 Å². The summed E-state index contributed by atoms with van der Waals surface area (Å²) in [4.78, 5) is 11.1. The molecule has 0 aromatic rings. The molecule has 3 nitrogen and oxygen atoms in total. The van der Waals surface area contributed by atoms with E-state index in [1.165, 1.54) is 12.8 Å². The van der Waals surface area contributed by atoms with Crippen LogP contribution in [0.5, 0.6) is 0 Å². The highest BCUT2D eigenvalue weighted by Crippen LogP contribution is 2.30. The van der Waals surface area contributed by atoms with Crippen molar-refractivity contribution in [3.05, 3.63) is 0 Å². The zero-order valence-electron chi connectivity index (χ0n) is 8.70. The fourth-order valence-electron chi connectivity index (χ4n) is 2.28. The normalized spacial score (nSPS) is 39.2. The third kappa shape index (κ3) is 2.27. The Balaban J connectivity index is 1.99. The second kappa shape index (κ2) is 4.30. The summed E-state index contributed by atoms with van der Waals surface area (Å²) < 4.78 is 11.0. The van der Waals surface area contributed by atoms with Gasteiger partial charge in [0, 0.05) is 12.3 Å². The monoisotopic (exact) mass is 198 g/mol. The largest absolute Gasteiger partial charge is 0.435 e. The molecule has 2 rings (SSSR count). The smallest absolute Gasteiger partial charge is 0.308 e. The van der Waals surface area contributed by atoms with E-state index in [0.29, 0.717) is 12.3 Å². The Labute approximate surface area is 84.8 Å². The molecule has 0 amide bonds. The molecular formula is C11H18O3. The number of hydrogen-bond acceptors (Lipinski definition) is 3. The summed E-state index contributed by atoms with van der Waals surface area (Å²) in [6.07, 6.45) is 6.19. The Morgan fingerprint density at radius 2 is 2.00 bits per heavy atom. The standard InChI is InChI=1S/C11H18O3/c1-8-4-2-3-5-9-6-7-10(12)14-11(9)13-8/h8-9,11H,2-7H2,1H3/t8-,9?,11-/m0/s1. The number of carbonyl (C=O) groups excluding carboxylic acids is 1. The molecule has 0 aliphatic carbocycles. The molecule has 14 heavy (non-hydrogen) atoms. The molecule has 1 unspecified atom stereocenters. The van der Waals surface area contributed by atoms with E-state index in [1.54, 1.807) is 0 Å². The van der Waals surface area contributed by atoms with Crippen molar-refractivity contribution in [2.75, 3.05) is 0 Å². The lowest BCUT2D eigenvalue weighted by Gasteiger charge is -2.34. The molecule has 3 atom stereocenters. The molecule has 2 saturated heterocycles. The third-order valence-electron chi connectivity index (χ3n) is 3.15. The highest BCUT2D eigenvalue weighted by molar-refractivity contribution is 5.70. The fourth-order valence-corrected chi connectivity index (χ4v) is 2.28. The van der Waals surface area contributed by atoms with Gasteiger partial charge in [0.05, 0.1) is 6.10 Å². The van der Waals surface area contributed by atoms with Gasteiger partial charge in [0.1, 0.15) is 0 Å². The zero-order valence-corrected chi connectivity index (χ0v) is 8.70. The number of esters is 1. The summed E-state index contributed by atoms with van der Waals surface area (Å²) in [5.74, 6) is 0.342. The van der Waals surface area contributed by atoms with Crippen LogP contribution in [0.3, 0.4) is 0 Å². The number of rotatable bonds is 0. The van der Waals surface area contributed by atoms with Crippen molar-refractivity contribution in [1.29, 1.82) is 0 Å². The number of carbonyl (C=O) groups is 1. The minimum absolute atomic E-state index is 0.0981. The summed E-state index contributed by atoms with van der Waals surface area (Å²) in [7, 11) is 0. The van der Waals surface area contributed by atoms with Crippen molar-refractivity contribution in [2.24, 2.45) is 5.92 Å². The molecule has 0 aromatic heterocycles. The Bertz CT molecular complexity index is 215. The van der Waals surface area contributed by atoms with Gasteiger partial charge in [0.15, 0.2) is 0 Å². The predicted octanol–water partition coefficient (Wildman–Crippen LogP) is 2.24. The van der Waals surface area contributed by atoms with Crippen LogP contribution in [0.4, 0.5) is 0 Å². The van der Waals surface area contributed by atoms with E-state index in [4.69, 9.17) is 9.47 Å². The van der Waals surface area contributed by atoms with E-state index in [9.17, 15) is 4.79 Å². The van der Waals surface area contributed by atoms with E-state index in [1.807, 2.05) is 0 Å². The Kier molecular flexibility index (Phi) is 3.06. The van der Waals surface area contributed by atoms with Gasteiger partial charge in [-0.25, -0.2) is 0 Å². The number of fused-ring (bicyclic) bond motifs is 1. The second-order valence-corrected chi connectivity index (χ2v) is 4.39. The van der Waals surface area contributed by atoms with E-state index in [0.717, 1.165) is 19.3 Å². The molecule has 2 aliphatic rings. The Morgan fingerprint density at radius 3 is 2.86 bits per heavy atom. The molecule has 0 spiro atoms. The average molecular weight is 198 g/mol. The van der Waals surface area contributed by atoms with Crippen LogP contribution in [0.25, 0.3) is 0 Å². The average Bonchev–Trinajstić information content (AvgIpc) is 2.12. The lowest BCUT2D eigenvalue weighted by atomic mass is 9.92. The maximum Gasteiger partial charge on any atom is 0.308 e. The molecule has 0 radical (unpaired) electrons. The highest BCUT2D eigenvalue weighted by atomic mass is 16.7. The van der Waals surface area contributed by atoms with Crippen molar-refractivity contribution < 1.29 is 14.3 Å². The summed E-state index contributed by atoms with van der Waals surface area (Å²) >= 11 is 0. The van der Waals surface area contributed by atoms with Crippen molar-refractivity contribution in [3.63, 3.8) is 0 Å². The first-order valence-corrected chi connectivity index (χ1v) is 5.60. The molecule has 2 aliphatic heterocycles. The van der Waals surface area contributed by atoms with Crippen molar-refractivity contribution >= 4 is 5.97 Å². The first-order valence-electron chi connectivity index (χ1n) is 5.60. The molecule has 0 aromatic carbocycles. The van der Waals surface area contributed by atoms with E-state index < -0.39 is 0 Å². The summed E-state index contributed by atoms with van der Waals surface area (Å²) in [6, 6.07) is 0. The topological polar surface area (TPSA) is 35.5 Å². The molecule has 0 bridgehead atoms. The quantitative estimate of drug-likeness (QED) is 0.560. The van der Waals surface area contributed by atoms with Gasteiger partial charge < -0.3 is 9.47 Å². The molecular weight excluding hydrogens is 180 g/mol. The lowest BCUT2D eigenvalue weighted by Crippen LogP contribution is -2.38. The van der Waals surface area contributed by atoms with Gasteiger partial charge in [-0.1, -0.05) is 12.8 Å². The molecule has 2 fully saturated rings. The van der Waals surface area contributed by atoms with Gasteiger partial charge in [-0.05, 0) is 26.2 Å². The van der Waals surface area contributed by atoms with E-state index in [2.05, 4.69) is 6.92 Å². The minimum Gasteiger partial charge on any atom is -0.435 e. The Hall–Kier alpha value is -0.570. The van der Waals surface area contributed by atoms with Gasteiger partial charge in [0.25, 0.3) is 0 Å². The number of hydrogen-bond donors (Lipinski definition) is 0. The van der Waals surface area contributed by atoms with Crippen LogP contribution >= 0.6 is 0 Å². The first-order chi connectivity index (χ1) is 6.75. The van der Waals surface area contributed by atoms with Crippen molar-refractivity contribution in [2.45, 2.75) is 57.8 Å². The maximum atomic E-state index is 11.1. The van der Waals surface area contributed by atoms with Gasteiger partial charge in [-0.3, -0.25) is 4.79 Å². The van der Waals surface area contributed by atoms with Crippen molar-refractivity contribution in [3.8, 4) is 0 Å². The summed E-state index contributed by atoms with van der Waals surface area (Å²) in [6.45, 7) is 2.06. The molecule has 80 valence electrons. The van der Waals surface area contributed by atoms with Crippen LogP contribution in [0, 0.1) is 5.92 Å². The molecule has 3 heteroatoms. The SMILES string of the molecule is C[C@H]1CCCCC2CCC(=O)O[C@@H]2O1. The molecule has 0 N–H and O–H groups in total. The second-order valence-electron chi connectivity index (χ2n) is 4.39. The van der Waals surface area contributed by atoms with Crippen LogP contribution < -0.4 is 0 Å². The molecule has 0 saturated carbocycles. The van der Waals surface area contributed by atoms with Crippen LogP contribution in [0.15, 0.2) is 0 Å². The summed E-state index contributed by atoms with van der Waals surface area (Å²) in [5, 5.41) is 0. The summed E-state index contributed by atoms with van der Waals surface area (Å²) in [5.41, 5.74) is 0. The van der Waals surface area contributed by atoms with Crippen molar-refractivity contribution in [1.82, 2.24) is 0 Å². The van der Waals surface area contributed by atoms with Crippen LogP contribution in [-0.2, 0) is 14.3 Å². The predicted molar refractivity (Wildman–Crippen MR) is 51.6 cm³/mol. The zero-order chi connectivity index (χ0) is 9.97. The lowest BCUT2D eigenvalue weighted by molar-refractivity contribution is -0.219. The van der Waals surface area contributed by atoms with Crippen LogP contribution in [0.2, 0.25) is 0 Å². The minimum atomic E-state index is -0.258. The third-order valence-corrected chi connectivity index (χ3v) is 3.15. The van der Waals surface area contributed by atoms with E-state index >= 15 is 0 Å². The maximum absolute atomic E-state index is 11.1. The highest BCUT2D eigenvalue weighted by Gasteiger charge is 2.33. The number of ether oxygens (including phenoxy) is 2. The van der Waals surface area contributed by atoms with E-state index in [-0.39, 0.29) is 18.4 Å². The van der Waals surface area contributed by atoms with Crippen LogP contribution in [0.1, 0.15) is 45.4 Å². The van der Waals surface area contributed by atoms with Gasteiger partial charge in [0.2, 0.25) is 6.29 Å². The van der Waals surface area contributed by atoms with Gasteiger partial charge >= 0.3 is 5.97 Å². The Morgan fingerprint density at radius 1 is 1.21 bits per heavy atom. The van der Waals surface area contributed by atoms with Gasteiger partial charge in [-0.2, -0.15) is 0 Å². The van der Waals surface area contributed by atoms with Crippen LogP contribution in [-0.4, -0.2) is 18.4 Å². The first kappa shape index (κ1) is 9.97.